The first-order valence-corrected chi connectivity index (χ1v) is 11.0. The van der Waals surface area contributed by atoms with Crippen LogP contribution in [0.25, 0.3) is 6.08 Å². The molecule has 0 amide bonds. The fourth-order valence-corrected chi connectivity index (χ4v) is 2.81. The van der Waals surface area contributed by atoms with Gasteiger partial charge < -0.3 is 34.6 Å². The van der Waals surface area contributed by atoms with Crippen LogP contribution in [0, 0.1) is 0 Å². The lowest BCUT2D eigenvalue weighted by molar-refractivity contribution is -0.112. The number of benzene rings is 3. The Morgan fingerprint density at radius 1 is 0.737 bits per heavy atom. The average Bonchev–Trinajstić information content (AvgIpc) is 2.93. The van der Waals surface area contributed by atoms with Gasteiger partial charge in [0, 0.05) is 16.7 Å². The maximum Gasteiger partial charge on any atom is 0.163 e. The highest BCUT2D eigenvalue weighted by atomic mass is 16.5. The van der Waals surface area contributed by atoms with E-state index < -0.39 is 0 Å². The molecule has 3 rings (SSSR count). The van der Waals surface area contributed by atoms with Crippen LogP contribution in [0.3, 0.4) is 0 Å². The molecule has 0 aliphatic rings. The van der Waals surface area contributed by atoms with Gasteiger partial charge in [-0.05, 0) is 61.0 Å². The average molecular weight is 527 g/mol. The van der Waals surface area contributed by atoms with Crippen LogP contribution in [0.2, 0.25) is 0 Å². The third-order valence-electron chi connectivity index (χ3n) is 4.76. The molecule has 0 radical (unpaired) electrons. The van der Waals surface area contributed by atoms with Crippen molar-refractivity contribution in [3.8, 4) is 34.5 Å². The van der Waals surface area contributed by atoms with Crippen LogP contribution in [0.5, 0.6) is 34.5 Å². The second-order valence-electron chi connectivity index (χ2n) is 7.43. The summed E-state index contributed by atoms with van der Waals surface area (Å²) in [5, 5.41) is 36.6. The third-order valence-corrected chi connectivity index (χ3v) is 4.76. The van der Waals surface area contributed by atoms with E-state index in [9.17, 15) is 24.6 Å². The Bertz CT molecular complexity index is 1240. The Labute approximate surface area is 220 Å². The highest BCUT2D eigenvalue weighted by Crippen LogP contribution is 2.31. The zero-order valence-electron chi connectivity index (χ0n) is 21.4. The van der Waals surface area contributed by atoms with Gasteiger partial charge in [-0.25, -0.2) is 0 Å². The Kier molecular flexibility index (Phi) is 13.2. The molecule has 0 saturated carbocycles. The first kappa shape index (κ1) is 31.2. The summed E-state index contributed by atoms with van der Waals surface area (Å²) < 4.78 is 14.5. The molecule has 0 saturated heterocycles. The number of ether oxygens (including phenoxy) is 3. The largest absolute Gasteiger partial charge is 0.504 e. The number of phenols is 3. The predicted octanol–water partition coefficient (Wildman–Crippen LogP) is 3.92. The molecule has 0 atom stereocenters. The standard InChI is InChI=1S/C11H12O3.C9H10O4.C8H8O3/c1-8(12)3-4-9-5-6-10(13)11(7-9)14-2;1-13-8-3-6(4-10)2-7(5-11)9(8)12;1-11-8-4-6(5-9)2-3-7(8)10/h3-7,13H,1-2H3;2-4,11-12H,5H2,1H3;2-5,10H,1H3/b4-3+;;. The van der Waals surface area contributed by atoms with Crippen LogP contribution in [0.1, 0.15) is 38.8 Å². The van der Waals surface area contributed by atoms with E-state index >= 15 is 0 Å². The summed E-state index contributed by atoms with van der Waals surface area (Å²) in [4.78, 5) is 31.4. The van der Waals surface area contributed by atoms with Crippen molar-refractivity contribution in [1.82, 2.24) is 0 Å². The zero-order chi connectivity index (χ0) is 28.7. The van der Waals surface area contributed by atoms with Crippen molar-refractivity contribution in [3.05, 3.63) is 76.9 Å². The monoisotopic (exact) mass is 526 g/mol. The third kappa shape index (κ3) is 9.67. The van der Waals surface area contributed by atoms with E-state index in [2.05, 4.69) is 0 Å². The molecule has 10 nitrogen and oxygen atoms in total. The summed E-state index contributed by atoms with van der Waals surface area (Å²) in [6.45, 7) is 1.15. The number of aldehydes is 2. The van der Waals surface area contributed by atoms with Gasteiger partial charge in [0.25, 0.3) is 0 Å². The van der Waals surface area contributed by atoms with E-state index in [0.29, 0.717) is 35.2 Å². The molecule has 4 N–H and O–H groups in total. The number of hydrogen-bond acceptors (Lipinski definition) is 10. The van der Waals surface area contributed by atoms with Crippen LogP contribution in [0.4, 0.5) is 0 Å². The molecular weight excluding hydrogens is 496 g/mol. The van der Waals surface area contributed by atoms with Crippen molar-refractivity contribution in [3.63, 3.8) is 0 Å². The van der Waals surface area contributed by atoms with Gasteiger partial charge in [0.15, 0.2) is 40.3 Å². The quantitative estimate of drug-likeness (QED) is 0.250. The summed E-state index contributed by atoms with van der Waals surface area (Å²) in [7, 11) is 4.29. The maximum absolute atomic E-state index is 10.7. The van der Waals surface area contributed by atoms with E-state index in [1.807, 2.05) is 0 Å². The smallest absolute Gasteiger partial charge is 0.163 e. The van der Waals surface area contributed by atoms with Gasteiger partial charge in [0.2, 0.25) is 0 Å². The minimum Gasteiger partial charge on any atom is -0.504 e. The molecule has 0 unspecified atom stereocenters. The fraction of sp³-hybridized carbons (Fsp3) is 0.179. The first-order valence-electron chi connectivity index (χ1n) is 11.0. The van der Waals surface area contributed by atoms with Gasteiger partial charge in [-0.2, -0.15) is 0 Å². The normalized spacial score (nSPS) is 9.82. The summed E-state index contributed by atoms with van der Waals surface area (Å²) in [6, 6.07) is 12.1. The van der Waals surface area contributed by atoms with E-state index in [4.69, 9.17) is 24.4 Å². The number of aliphatic hydroxyl groups is 1. The molecule has 38 heavy (non-hydrogen) atoms. The van der Waals surface area contributed by atoms with Gasteiger partial charge in [0.05, 0.1) is 27.9 Å². The van der Waals surface area contributed by atoms with Crippen LogP contribution in [-0.2, 0) is 11.4 Å². The highest BCUT2D eigenvalue weighted by molar-refractivity contribution is 5.91. The molecule has 0 bridgehead atoms. The van der Waals surface area contributed by atoms with Crippen LogP contribution in [-0.4, -0.2) is 60.1 Å². The number of aromatic hydroxyl groups is 3. The van der Waals surface area contributed by atoms with Crippen molar-refractivity contribution in [2.45, 2.75) is 13.5 Å². The highest BCUT2D eigenvalue weighted by Gasteiger charge is 2.09. The second kappa shape index (κ2) is 16.0. The van der Waals surface area contributed by atoms with E-state index in [1.165, 1.54) is 70.7 Å². The van der Waals surface area contributed by atoms with E-state index in [1.54, 1.807) is 18.2 Å². The first-order chi connectivity index (χ1) is 18.1. The van der Waals surface area contributed by atoms with Crippen molar-refractivity contribution in [2.24, 2.45) is 0 Å². The van der Waals surface area contributed by atoms with Gasteiger partial charge in [-0.1, -0.05) is 12.1 Å². The number of hydrogen-bond donors (Lipinski definition) is 4. The number of carbonyl (C=O) groups is 3. The Morgan fingerprint density at radius 2 is 1.21 bits per heavy atom. The maximum atomic E-state index is 10.7. The Hall–Kier alpha value is -4.83. The topological polar surface area (TPSA) is 160 Å². The molecule has 0 aromatic heterocycles. The Morgan fingerprint density at radius 3 is 1.66 bits per heavy atom. The number of carbonyl (C=O) groups excluding carboxylic acids is 3. The minimum absolute atomic E-state index is 0.0166. The lowest BCUT2D eigenvalue weighted by atomic mass is 10.1. The lowest BCUT2D eigenvalue weighted by Gasteiger charge is -2.07. The summed E-state index contributed by atoms with van der Waals surface area (Å²) in [6.07, 6.45) is 4.46. The number of allylic oxidation sites excluding steroid dienone is 1. The lowest BCUT2D eigenvalue weighted by Crippen LogP contribution is -1.92. The van der Waals surface area contributed by atoms with Crippen molar-refractivity contribution < 1.29 is 49.0 Å². The molecule has 202 valence electrons. The molecule has 0 heterocycles. The molecule has 3 aromatic carbocycles. The van der Waals surface area contributed by atoms with Crippen LogP contribution < -0.4 is 14.2 Å². The van der Waals surface area contributed by atoms with Crippen LogP contribution >= 0.6 is 0 Å². The predicted molar refractivity (Wildman–Crippen MR) is 140 cm³/mol. The summed E-state index contributed by atoms with van der Waals surface area (Å²) in [5.74, 6) is 0.886. The summed E-state index contributed by atoms with van der Waals surface area (Å²) in [5.41, 5.74) is 1.94. The zero-order valence-corrected chi connectivity index (χ0v) is 21.4. The number of aliphatic hydroxyl groups excluding tert-OH is 1. The fourth-order valence-electron chi connectivity index (χ4n) is 2.81. The molecule has 0 aliphatic heterocycles. The second-order valence-corrected chi connectivity index (χ2v) is 7.43. The molecular formula is C28H30O10. The summed E-state index contributed by atoms with van der Waals surface area (Å²) >= 11 is 0. The Balaban J connectivity index is 0.000000287. The molecule has 0 fully saturated rings. The number of methoxy groups -OCH3 is 3. The minimum atomic E-state index is -0.329. The van der Waals surface area contributed by atoms with Crippen molar-refractivity contribution in [2.75, 3.05) is 21.3 Å². The number of ketones is 1. The van der Waals surface area contributed by atoms with Gasteiger partial charge in [-0.15, -0.1) is 0 Å². The van der Waals surface area contributed by atoms with Crippen molar-refractivity contribution >= 4 is 24.4 Å². The van der Waals surface area contributed by atoms with Gasteiger partial charge >= 0.3 is 0 Å². The van der Waals surface area contributed by atoms with Crippen molar-refractivity contribution in [1.29, 1.82) is 0 Å². The van der Waals surface area contributed by atoms with E-state index in [-0.39, 0.29) is 41.0 Å². The molecule has 10 heteroatoms. The van der Waals surface area contributed by atoms with Crippen LogP contribution in [0.15, 0.2) is 54.6 Å². The SMILES string of the molecule is COc1cc(/C=C/C(C)=O)ccc1O.COc1cc(C=O)cc(CO)c1O.COc1cc(C=O)ccc1O. The number of rotatable bonds is 8. The van der Waals surface area contributed by atoms with Gasteiger partial charge in [-0.3, -0.25) is 14.4 Å². The molecule has 0 aliphatic carbocycles. The number of phenolic OH excluding ortho intramolecular Hbond substituents is 2. The van der Waals surface area contributed by atoms with Gasteiger partial charge in [0.1, 0.15) is 12.6 Å². The van der Waals surface area contributed by atoms with E-state index in [0.717, 1.165) is 5.56 Å². The molecule has 0 spiro atoms. The molecule has 3 aromatic rings.